The normalized spacial score (nSPS) is 17.2. The van der Waals surface area contributed by atoms with Crippen molar-refractivity contribution in [2.45, 2.75) is 58.0 Å². The first-order valence-electron chi connectivity index (χ1n) is 13.1. The van der Waals surface area contributed by atoms with Gasteiger partial charge >= 0.3 is 5.76 Å². The van der Waals surface area contributed by atoms with E-state index in [-0.39, 0.29) is 23.6 Å². The molecule has 38 heavy (non-hydrogen) atoms. The number of rotatable bonds is 7. The molecule has 1 fully saturated rings. The van der Waals surface area contributed by atoms with E-state index >= 15 is 0 Å². The Morgan fingerprint density at radius 1 is 1.08 bits per heavy atom. The minimum absolute atomic E-state index is 0.0999. The van der Waals surface area contributed by atoms with Crippen LogP contribution in [0.1, 0.15) is 72.7 Å². The lowest BCUT2D eigenvalue weighted by Crippen LogP contribution is -2.22. The van der Waals surface area contributed by atoms with E-state index in [2.05, 4.69) is 52.9 Å². The van der Waals surface area contributed by atoms with Crippen LogP contribution in [-0.2, 0) is 6.61 Å². The predicted octanol–water partition coefficient (Wildman–Crippen LogP) is 7.12. The van der Waals surface area contributed by atoms with Crippen LogP contribution in [0.15, 0.2) is 75.9 Å². The van der Waals surface area contributed by atoms with Gasteiger partial charge in [-0.2, -0.15) is 0 Å². The first kappa shape index (κ1) is 24.2. The summed E-state index contributed by atoms with van der Waals surface area (Å²) in [5.41, 5.74) is 6.21. The second-order valence-electron chi connectivity index (χ2n) is 10.5. The molecule has 0 atom stereocenters. The third-order valence-electron chi connectivity index (χ3n) is 7.56. The SMILES string of the molecule is Cc1cc(-n2c(C(C)C)c(C3CC(c4n[nH]c(=O)o4)C3)c3cc(OCc4ccccc4)ccc32)ccc1F. The van der Waals surface area contributed by atoms with Gasteiger partial charge in [0.1, 0.15) is 18.2 Å². The second kappa shape index (κ2) is 9.63. The number of ether oxygens (including phenoxy) is 1. The van der Waals surface area contributed by atoms with Gasteiger partial charge in [0.05, 0.1) is 5.52 Å². The Hall–Kier alpha value is -4.13. The molecule has 6 rings (SSSR count). The summed E-state index contributed by atoms with van der Waals surface area (Å²) in [6, 6.07) is 21.7. The first-order chi connectivity index (χ1) is 18.4. The topological polar surface area (TPSA) is 73.0 Å². The summed E-state index contributed by atoms with van der Waals surface area (Å²) in [6.07, 6.45) is 1.67. The number of hydrogen-bond acceptors (Lipinski definition) is 4. The van der Waals surface area contributed by atoms with Gasteiger partial charge in [0.15, 0.2) is 0 Å². The number of H-pyrrole nitrogens is 1. The molecule has 1 aliphatic rings. The highest BCUT2D eigenvalue weighted by Gasteiger charge is 2.39. The molecule has 1 aliphatic carbocycles. The van der Waals surface area contributed by atoms with E-state index < -0.39 is 5.76 Å². The molecule has 1 N–H and O–H groups in total. The summed E-state index contributed by atoms with van der Waals surface area (Å²) in [4.78, 5) is 11.5. The number of nitrogens with zero attached hydrogens (tertiary/aromatic N) is 2. The number of aromatic amines is 1. The number of nitrogens with one attached hydrogen (secondary N) is 1. The van der Waals surface area contributed by atoms with E-state index in [0.717, 1.165) is 40.7 Å². The first-order valence-corrected chi connectivity index (χ1v) is 13.1. The summed E-state index contributed by atoms with van der Waals surface area (Å²) >= 11 is 0. The fourth-order valence-electron chi connectivity index (χ4n) is 5.66. The molecule has 0 saturated heterocycles. The summed E-state index contributed by atoms with van der Waals surface area (Å²) in [6.45, 7) is 6.67. The maximum absolute atomic E-state index is 14.2. The zero-order chi connectivity index (χ0) is 26.4. The zero-order valence-electron chi connectivity index (χ0n) is 21.7. The van der Waals surface area contributed by atoms with Crippen molar-refractivity contribution in [1.29, 1.82) is 0 Å². The van der Waals surface area contributed by atoms with Crippen molar-refractivity contribution in [3.05, 3.63) is 111 Å². The molecule has 1 saturated carbocycles. The fraction of sp³-hybridized carbons (Fsp3) is 0.290. The predicted molar refractivity (Wildman–Crippen MR) is 145 cm³/mol. The Bertz CT molecular complexity index is 1660. The van der Waals surface area contributed by atoms with Crippen LogP contribution in [0.25, 0.3) is 16.6 Å². The van der Waals surface area contributed by atoms with Crippen LogP contribution in [-0.4, -0.2) is 14.8 Å². The monoisotopic (exact) mass is 511 g/mol. The molecule has 0 amide bonds. The van der Waals surface area contributed by atoms with Crippen molar-refractivity contribution in [3.63, 3.8) is 0 Å². The smallest absolute Gasteiger partial charge is 0.434 e. The van der Waals surface area contributed by atoms with Gasteiger partial charge in [0, 0.05) is 22.7 Å². The van der Waals surface area contributed by atoms with E-state index in [1.54, 1.807) is 6.92 Å². The Labute approximate surface area is 220 Å². The maximum Gasteiger partial charge on any atom is 0.434 e. The molecule has 0 spiro atoms. The Kier molecular flexibility index (Phi) is 6.14. The molecule has 0 radical (unpaired) electrons. The minimum Gasteiger partial charge on any atom is -0.489 e. The van der Waals surface area contributed by atoms with Crippen molar-refractivity contribution in [3.8, 4) is 11.4 Å². The summed E-state index contributed by atoms with van der Waals surface area (Å²) in [5.74, 6) is 1.14. The molecule has 2 aromatic heterocycles. The Morgan fingerprint density at radius 2 is 1.87 bits per heavy atom. The number of aromatic nitrogens is 3. The van der Waals surface area contributed by atoms with Crippen molar-refractivity contribution >= 4 is 10.9 Å². The average molecular weight is 512 g/mol. The molecule has 0 unspecified atom stereocenters. The highest BCUT2D eigenvalue weighted by Crippen LogP contribution is 2.52. The minimum atomic E-state index is -0.519. The number of halogens is 1. The lowest BCUT2D eigenvalue weighted by molar-refractivity contribution is 0.286. The van der Waals surface area contributed by atoms with Gasteiger partial charge in [0.2, 0.25) is 5.89 Å². The number of fused-ring (bicyclic) bond motifs is 1. The highest BCUT2D eigenvalue weighted by molar-refractivity contribution is 5.89. The van der Waals surface area contributed by atoms with Gasteiger partial charge in [-0.3, -0.25) is 0 Å². The molecule has 5 aromatic rings. The highest BCUT2D eigenvalue weighted by atomic mass is 19.1. The summed E-state index contributed by atoms with van der Waals surface area (Å²) < 4.78 is 27.9. The lowest BCUT2D eigenvalue weighted by atomic mass is 9.70. The standard InChI is InChI=1S/C31H30FN3O3/c1-18(2)29-28(21-14-22(15-21)30-33-34-31(36)38-30)25-16-24(37-17-20-7-5-4-6-8-20)10-12-27(25)35(29)23-9-11-26(32)19(3)13-23/h4-13,16,18,21-22H,14-15,17H2,1-3H3,(H,34,36). The van der Waals surface area contributed by atoms with Crippen molar-refractivity contribution in [2.24, 2.45) is 0 Å². The Balaban J connectivity index is 1.45. The van der Waals surface area contributed by atoms with Gasteiger partial charge in [0.25, 0.3) is 0 Å². The lowest BCUT2D eigenvalue weighted by Gasteiger charge is -2.34. The van der Waals surface area contributed by atoms with Crippen LogP contribution < -0.4 is 10.5 Å². The third-order valence-corrected chi connectivity index (χ3v) is 7.56. The zero-order valence-corrected chi connectivity index (χ0v) is 21.7. The molecule has 2 heterocycles. The second-order valence-corrected chi connectivity index (χ2v) is 10.5. The number of benzene rings is 3. The Morgan fingerprint density at radius 3 is 2.55 bits per heavy atom. The van der Waals surface area contributed by atoms with E-state index in [1.165, 1.54) is 17.3 Å². The molecule has 0 bridgehead atoms. The molecule has 7 heteroatoms. The van der Waals surface area contributed by atoms with Gasteiger partial charge in [-0.25, -0.2) is 14.3 Å². The van der Waals surface area contributed by atoms with Crippen LogP contribution in [0.2, 0.25) is 0 Å². The van der Waals surface area contributed by atoms with Gasteiger partial charge < -0.3 is 13.7 Å². The third kappa shape index (κ3) is 4.32. The van der Waals surface area contributed by atoms with Gasteiger partial charge in [-0.1, -0.05) is 44.2 Å². The van der Waals surface area contributed by atoms with Gasteiger partial charge in [-0.15, -0.1) is 5.10 Å². The van der Waals surface area contributed by atoms with Crippen LogP contribution in [0.5, 0.6) is 5.75 Å². The number of aryl methyl sites for hydroxylation is 1. The van der Waals surface area contributed by atoms with Crippen molar-refractivity contribution in [1.82, 2.24) is 14.8 Å². The van der Waals surface area contributed by atoms with E-state index in [1.807, 2.05) is 36.4 Å². The quantitative estimate of drug-likeness (QED) is 0.253. The van der Waals surface area contributed by atoms with Crippen molar-refractivity contribution in [2.75, 3.05) is 0 Å². The van der Waals surface area contributed by atoms with E-state index in [0.29, 0.717) is 18.1 Å². The molecule has 6 nitrogen and oxygen atoms in total. The van der Waals surface area contributed by atoms with E-state index in [9.17, 15) is 9.18 Å². The van der Waals surface area contributed by atoms with Gasteiger partial charge in [-0.05, 0) is 84.7 Å². The molecular weight excluding hydrogens is 481 g/mol. The molecule has 0 aliphatic heterocycles. The summed E-state index contributed by atoms with van der Waals surface area (Å²) in [5, 5.41) is 7.57. The average Bonchev–Trinajstić information content (AvgIpc) is 3.45. The van der Waals surface area contributed by atoms with Crippen LogP contribution in [0, 0.1) is 12.7 Å². The van der Waals surface area contributed by atoms with Crippen LogP contribution in [0.3, 0.4) is 0 Å². The molecule has 3 aromatic carbocycles. The fourth-order valence-corrected chi connectivity index (χ4v) is 5.66. The largest absolute Gasteiger partial charge is 0.489 e. The van der Waals surface area contributed by atoms with E-state index in [4.69, 9.17) is 9.15 Å². The van der Waals surface area contributed by atoms with Crippen molar-refractivity contribution < 1.29 is 13.5 Å². The summed E-state index contributed by atoms with van der Waals surface area (Å²) in [7, 11) is 0. The maximum atomic E-state index is 14.2. The van der Waals surface area contributed by atoms with Crippen LogP contribution >= 0.6 is 0 Å². The number of hydrogen-bond donors (Lipinski definition) is 1. The van der Waals surface area contributed by atoms with Crippen LogP contribution in [0.4, 0.5) is 4.39 Å². The molecule has 194 valence electrons. The molecular formula is C31H30FN3O3.